The van der Waals surface area contributed by atoms with Crippen LogP contribution in [0.15, 0.2) is 0 Å². The number of carbonyl (C=O) groups is 2. The van der Waals surface area contributed by atoms with Crippen LogP contribution in [-0.2, 0) is 18.8 Å². The number of ketones is 1. The molecule has 0 aliphatic carbocycles. The number of rotatable bonds is 7. The minimum atomic E-state index is -1.69. The standard InChI is InChI=1S/C11H22O4Si/c1-9(12)6-7-10(8-11(13)14-2)15-16(3,4)5/h10H,6-8H2,1-5H3/t10-/m0/s1. The minimum absolute atomic E-state index is 0.119. The van der Waals surface area contributed by atoms with Crippen LogP contribution in [0.3, 0.4) is 0 Å². The van der Waals surface area contributed by atoms with E-state index in [1.807, 2.05) is 0 Å². The number of ether oxygens (including phenoxy) is 1. The maximum absolute atomic E-state index is 11.2. The summed E-state index contributed by atoms with van der Waals surface area (Å²) in [6.07, 6.45) is 1.08. The molecule has 0 N–H and O–H groups in total. The first kappa shape index (κ1) is 15.3. The molecule has 94 valence electrons. The SMILES string of the molecule is COC(=O)C[C@H](CCC(C)=O)O[Si](C)(C)C. The van der Waals surface area contributed by atoms with Gasteiger partial charge in [0.25, 0.3) is 0 Å². The third kappa shape index (κ3) is 8.61. The monoisotopic (exact) mass is 246 g/mol. The molecule has 0 heterocycles. The normalized spacial score (nSPS) is 13.3. The zero-order valence-electron chi connectivity index (χ0n) is 10.8. The van der Waals surface area contributed by atoms with Crippen molar-refractivity contribution in [3.8, 4) is 0 Å². The maximum Gasteiger partial charge on any atom is 0.308 e. The van der Waals surface area contributed by atoms with Gasteiger partial charge in [-0.1, -0.05) is 0 Å². The molecule has 0 saturated heterocycles. The summed E-state index contributed by atoms with van der Waals surface area (Å²) < 4.78 is 10.5. The third-order valence-electron chi connectivity index (χ3n) is 1.96. The van der Waals surface area contributed by atoms with Crippen molar-refractivity contribution in [1.29, 1.82) is 0 Å². The highest BCUT2D eigenvalue weighted by Crippen LogP contribution is 2.15. The summed E-state index contributed by atoms with van der Waals surface area (Å²) in [4.78, 5) is 22.1. The molecule has 0 aliphatic rings. The van der Waals surface area contributed by atoms with Crippen LogP contribution < -0.4 is 0 Å². The third-order valence-corrected chi connectivity index (χ3v) is 3.00. The highest BCUT2D eigenvalue weighted by atomic mass is 28.4. The molecule has 0 fully saturated rings. The smallest absolute Gasteiger partial charge is 0.308 e. The first-order valence-corrected chi connectivity index (χ1v) is 8.89. The molecular weight excluding hydrogens is 224 g/mol. The van der Waals surface area contributed by atoms with Gasteiger partial charge in [-0.05, 0) is 33.0 Å². The van der Waals surface area contributed by atoms with Crippen molar-refractivity contribution in [2.24, 2.45) is 0 Å². The molecule has 0 aromatic heterocycles. The number of Topliss-reactive ketones (excluding diaryl/α,β-unsaturated/α-hetero) is 1. The van der Waals surface area contributed by atoms with Crippen LogP contribution in [-0.4, -0.2) is 33.3 Å². The lowest BCUT2D eigenvalue weighted by atomic mass is 10.1. The highest BCUT2D eigenvalue weighted by molar-refractivity contribution is 6.69. The van der Waals surface area contributed by atoms with E-state index in [1.165, 1.54) is 7.11 Å². The van der Waals surface area contributed by atoms with E-state index in [2.05, 4.69) is 24.4 Å². The Balaban J connectivity index is 4.26. The van der Waals surface area contributed by atoms with Gasteiger partial charge in [0, 0.05) is 6.42 Å². The van der Waals surface area contributed by atoms with Gasteiger partial charge in [-0.2, -0.15) is 0 Å². The average molecular weight is 246 g/mol. The van der Waals surface area contributed by atoms with E-state index < -0.39 is 8.32 Å². The summed E-state index contributed by atoms with van der Waals surface area (Å²) in [5, 5.41) is 0. The maximum atomic E-state index is 11.2. The molecule has 0 bridgehead atoms. The fourth-order valence-electron chi connectivity index (χ4n) is 1.34. The molecular formula is C11H22O4Si. The van der Waals surface area contributed by atoms with Gasteiger partial charge in [-0.25, -0.2) is 0 Å². The van der Waals surface area contributed by atoms with E-state index in [0.717, 1.165) is 0 Å². The number of carbonyl (C=O) groups excluding carboxylic acids is 2. The first-order chi connectivity index (χ1) is 7.24. The summed E-state index contributed by atoms with van der Waals surface area (Å²) in [6, 6.07) is 0. The fourth-order valence-corrected chi connectivity index (χ4v) is 2.54. The molecule has 0 spiro atoms. The Hall–Kier alpha value is -0.683. The lowest BCUT2D eigenvalue weighted by molar-refractivity contribution is -0.142. The fraction of sp³-hybridized carbons (Fsp3) is 0.818. The van der Waals surface area contributed by atoms with Gasteiger partial charge < -0.3 is 14.0 Å². The van der Waals surface area contributed by atoms with E-state index in [0.29, 0.717) is 12.8 Å². The van der Waals surface area contributed by atoms with E-state index >= 15 is 0 Å². The van der Waals surface area contributed by atoms with E-state index in [-0.39, 0.29) is 24.3 Å². The van der Waals surface area contributed by atoms with Gasteiger partial charge >= 0.3 is 5.97 Å². The Bertz CT molecular complexity index is 245. The predicted molar refractivity (Wildman–Crippen MR) is 64.8 cm³/mol. The number of methoxy groups -OCH3 is 1. The highest BCUT2D eigenvalue weighted by Gasteiger charge is 2.23. The van der Waals surface area contributed by atoms with Crippen LogP contribution >= 0.6 is 0 Å². The molecule has 5 heteroatoms. The second kappa shape index (κ2) is 6.80. The Morgan fingerprint density at radius 2 is 1.81 bits per heavy atom. The van der Waals surface area contributed by atoms with Crippen LogP contribution in [0.2, 0.25) is 19.6 Å². The molecule has 0 unspecified atom stereocenters. The van der Waals surface area contributed by atoms with E-state index in [4.69, 9.17) is 4.43 Å². The molecule has 4 nitrogen and oxygen atoms in total. The molecule has 0 amide bonds. The van der Waals surface area contributed by atoms with Crippen LogP contribution in [0.4, 0.5) is 0 Å². The van der Waals surface area contributed by atoms with Crippen LogP contribution in [0.5, 0.6) is 0 Å². The van der Waals surface area contributed by atoms with Crippen molar-refractivity contribution in [2.45, 2.75) is 51.9 Å². The summed E-state index contributed by atoms with van der Waals surface area (Å²) >= 11 is 0. The quantitative estimate of drug-likeness (QED) is 0.510. The lowest BCUT2D eigenvalue weighted by Gasteiger charge is -2.25. The van der Waals surface area contributed by atoms with E-state index in [1.54, 1.807) is 6.92 Å². The van der Waals surface area contributed by atoms with Crippen LogP contribution in [0, 0.1) is 0 Å². The molecule has 0 saturated carbocycles. The summed E-state index contributed by atoms with van der Waals surface area (Å²) in [6.45, 7) is 7.73. The largest absolute Gasteiger partial charge is 0.469 e. The molecule has 0 aromatic rings. The number of hydrogen-bond acceptors (Lipinski definition) is 4. The molecule has 0 rings (SSSR count). The van der Waals surface area contributed by atoms with Gasteiger partial charge in [0.05, 0.1) is 19.6 Å². The van der Waals surface area contributed by atoms with Crippen molar-refractivity contribution in [3.63, 3.8) is 0 Å². The topological polar surface area (TPSA) is 52.6 Å². The van der Waals surface area contributed by atoms with Crippen molar-refractivity contribution in [3.05, 3.63) is 0 Å². The lowest BCUT2D eigenvalue weighted by Crippen LogP contribution is -2.33. The zero-order chi connectivity index (χ0) is 12.8. The Labute approximate surface area is 98.4 Å². The van der Waals surface area contributed by atoms with Crippen LogP contribution in [0.1, 0.15) is 26.2 Å². The minimum Gasteiger partial charge on any atom is -0.469 e. The predicted octanol–water partition coefficient (Wildman–Crippen LogP) is 2.14. The van der Waals surface area contributed by atoms with Gasteiger partial charge in [0.15, 0.2) is 8.32 Å². The van der Waals surface area contributed by atoms with Crippen molar-refractivity contribution < 1.29 is 18.8 Å². The average Bonchev–Trinajstić information content (AvgIpc) is 2.11. The van der Waals surface area contributed by atoms with E-state index in [9.17, 15) is 9.59 Å². The second-order valence-corrected chi connectivity index (χ2v) is 9.33. The summed E-state index contributed by atoms with van der Waals surface area (Å²) in [5.74, 6) is -0.166. The van der Waals surface area contributed by atoms with Gasteiger partial charge in [-0.15, -0.1) is 0 Å². The molecule has 16 heavy (non-hydrogen) atoms. The molecule has 0 aliphatic heterocycles. The first-order valence-electron chi connectivity index (χ1n) is 5.48. The second-order valence-electron chi connectivity index (χ2n) is 4.87. The molecule has 1 atom stereocenters. The Morgan fingerprint density at radius 3 is 2.19 bits per heavy atom. The Morgan fingerprint density at radius 1 is 1.25 bits per heavy atom. The van der Waals surface area contributed by atoms with Crippen LogP contribution in [0.25, 0.3) is 0 Å². The number of hydrogen-bond donors (Lipinski definition) is 0. The summed E-state index contributed by atoms with van der Waals surface area (Å²) in [7, 11) is -0.331. The van der Waals surface area contributed by atoms with Gasteiger partial charge in [0.2, 0.25) is 0 Å². The molecule has 0 aromatic carbocycles. The van der Waals surface area contributed by atoms with Gasteiger partial charge in [0.1, 0.15) is 5.78 Å². The summed E-state index contributed by atoms with van der Waals surface area (Å²) in [5.41, 5.74) is 0. The van der Waals surface area contributed by atoms with Crippen molar-refractivity contribution >= 4 is 20.1 Å². The molecule has 0 radical (unpaired) electrons. The van der Waals surface area contributed by atoms with Crippen molar-refractivity contribution in [2.75, 3.05) is 7.11 Å². The number of esters is 1. The zero-order valence-corrected chi connectivity index (χ0v) is 11.8. The Kier molecular flexibility index (Phi) is 6.51. The van der Waals surface area contributed by atoms with Gasteiger partial charge in [-0.3, -0.25) is 4.79 Å². The van der Waals surface area contributed by atoms with Crippen molar-refractivity contribution in [1.82, 2.24) is 0 Å².